The Balaban J connectivity index is 1.43. The van der Waals surface area contributed by atoms with Crippen molar-refractivity contribution in [2.75, 3.05) is 26.2 Å². The topological polar surface area (TPSA) is 79.3 Å². The number of piperidine rings is 2. The van der Waals surface area contributed by atoms with E-state index in [0.29, 0.717) is 37.4 Å². The molecule has 7 heteroatoms. The third-order valence-electron chi connectivity index (χ3n) is 6.09. The molecule has 2 aliphatic rings. The van der Waals surface area contributed by atoms with Crippen molar-refractivity contribution in [2.45, 2.75) is 39.0 Å². The van der Waals surface area contributed by atoms with Gasteiger partial charge in [0.15, 0.2) is 0 Å². The smallest absolute Gasteiger partial charge is 0.257 e. The highest BCUT2D eigenvalue weighted by molar-refractivity contribution is 5.93. The van der Waals surface area contributed by atoms with Crippen LogP contribution in [0.3, 0.4) is 0 Å². The van der Waals surface area contributed by atoms with Gasteiger partial charge in [0, 0.05) is 68.7 Å². The average molecular weight is 393 g/mol. The number of hydrogen-bond donors (Lipinski definition) is 0. The number of aromatic nitrogens is 3. The Morgan fingerprint density at radius 1 is 1.14 bits per heavy atom. The van der Waals surface area contributed by atoms with E-state index in [-0.39, 0.29) is 17.2 Å². The summed E-state index contributed by atoms with van der Waals surface area (Å²) in [6.07, 6.45) is 9.17. The van der Waals surface area contributed by atoms with E-state index in [9.17, 15) is 9.59 Å². The van der Waals surface area contributed by atoms with E-state index in [2.05, 4.69) is 15.0 Å². The second kappa shape index (κ2) is 8.27. The molecule has 0 N–H and O–H groups in total. The summed E-state index contributed by atoms with van der Waals surface area (Å²) in [6, 6.07) is 5.87. The third-order valence-corrected chi connectivity index (χ3v) is 6.09. The molecule has 2 saturated heterocycles. The first-order valence-electron chi connectivity index (χ1n) is 10.3. The molecule has 4 rings (SSSR count). The van der Waals surface area contributed by atoms with E-state index < -0.39 is 0 Å². The van der Waals surface area contributed by atoms with Crippen molar-refractivity contribution in [1.82, 2.24) is 24.8 Å². The highest BCUT2D eigenvalue weighted by Crippen LogP contribution is 2.39. The van der Waals surface area contributed by atoms with Gasteiger partial charge >= 0.3 is 0 Å². The van der Waals surface area contributed by atoms with Gasteiger partial charge in [-0.3, -0.25) is 14.6 Å². The van der Waals surface area contributed by atoms with Crippen molar-refractivity contribution in [3.05, 3.63) is 53.9 Å². The summed E-state index contributed by atoms with van der Waals surface area (Å²) in [5.74, 6) is 0.856. The van der Waals surface area contributed by atoms with Gasteiger partial charge in [0.25, 0.3) is 5.91 Å². The minimum atomic E-state index is -0.0164. The van der Waals surface area contributed by atoms with Gasteiger partial charge in [0.1, 0.15) is 5.82 Å². The minimum absolute atomic E-state index is 0.0130. The van der Waals surface area contributed by atoms with Gasteiger partial charge in [-0.1, -0.05) is 6.07 Å². The molecular weight excluding hydrogens is 366 g/mol. The van der Waals surface area contributed by atoms with Crippen molar-refractivity contribution < 1.29 is 9.59 Å². The average Bonchev–Trinajstić information content (AvgIpc) is 2.75. The number of likely N-dealkylation sites (tertiary alicyclic amines) is 2. The molecule has 1 atom stereocenters. The lowest BCUT2D eigenvalue weighted by atomic mass is 9.73. The number of carbonyl (C=O) groups excluding carboxylic acids is 2. The number of pyridine rings is 1. The Kier molecular flexibility index (Phi) is 5.56. The van der Waals surface area contributed by atoms with Crippen LogP contribution >= 0.6 is 0 Å². The fourth-order valence-electron chi connectivity index (χ4n) is 4.50. The highest BCUT2D eigenvalue weighted by Gasteiger charge is 2.42. The molecule has 2 amide bonds. The zero-order valence-electron chi connectivity index (χ0n) is 16.9. The SMILES string of the molecule is Cc1ncc(C(=O)N2CCC[C@]3(CCC(=O)N(CCc4ccccn4)C3)C2)cn1. The van der Waals surface area contributed by atoms with Gasteiger partial charge in [0.2, 0.25) is 5.91 Å². The van der Waals surface area contributed by atoms with Crippen molar-refractivity contribution in [1.29, 1.82) is 0 Å². The fourth-order valence-corrected chi connectivity index (χ4v) is 4.50. The molecule has 29 heavy (non-hydrogen) atoms. The van der Waals surface area contributed by atoms with Crippen LogP contribution in [0.15, 0.2) is 36.8 Å². The molecule has 2 fully saturated rings. The lowest BCUT2D eigenvalue weighted by molar-refractivity contribution is -0.138. The Bertz CT molecular complexity index is 871. The summed E-state index contributed by atoms with van der Waals surface area (Å²) in [6.45, 7) is 4.64. The first-order chi connectivity index (χ1) is 14.0. The standard InChI is InChI=1S/C22H27N5O2/c1-17-24-13-18(14-25-17)21(29)27-11-4-8-22(16-27)9-6-20(28)26(15-22)12-7-19-5-2-3-10-23-19/h2-3,5,10,13-14H,4,6-9,11-12,15-16H2,1H3/t22-/m1/s1. The number of carbonyl (C=O) groups is 2. The molecule has 2 aromatic heterocycles. The van der Waals surface area contributed by atoms with E-state index >= 15 is 0 Å². The van der Waals surface area contributed by atoms with Crippen LogP contribution in [0.2, 0.25) is 0 Å². The van der Waals surface area contributed by atoms with Gasteiger partial charge in [-0.05, 0) is 38.3 Å². The minimum Gasteiger partial charge on any atom is -0.342 e. The molecule has 1 spiro atoms. The van der Waals surface area contributed by atoms with Crippen molar-refractivity contribution in [3.8, 4) is 0 Å². The van der Waals surface area contributed by atoms with E-state index in [1.54, 1.807) is 18.6 Å². The summed E-state index contributed by atoms with van der Waals surface area (Å²) >= 11 is 0. The Labute approximate surface area is 171 Å². The third kappa shape index (κ3) is 4.44. The lowest BCUT2D eigenvalue weighted by Gasteiger charge is -2.48. The van der Waals surface area contributed by atoms with Crippen LogP contribution in [0, 0.1) is 12.3 Å². The normalized spacial score (nSPS) is 22.2. The lowest BCUT2D eigenvalue weighted by Crippen LogP contribution is -2.55. The molecule has 2 aromatic rings. The maximum absolute atomic E-state index is 13.0. The zero-order chi connectivity index (χ0) is 20.3. The van der Waals surface area contributed by atoms with Crippen LogP contribution in [-0.2, 0) is 11.2 Å². The maximum atomic E-state index is 13.0. The largest absolute Gasteiger partial charge is 0.342 e. The van der Waals surface area contributed by atoms with E-state index in [4.69, 9.17) is 0 Å². The Hall–Kier alpha value is -2.83. The second-order valence-corrected chi connectivity index (χ2v) is 8.24. The number of nitrogens with zero attached hydrogens (tertiary/aromatic N) is 5. The van der Waals surface area contributed by atoms with Gasteiger partial charge in [-0.15, -0.1) is 0 Å². The monoisotopic (exact) mass is 393 g/mol. The molecule has 0 aliphatic carbocycles. The first-order valence-corrected chi connectivity index (χ1v) is 10.3. The fraction of sp³-hybridized carbons (Fsp3) is 0.500. The molecule has 0 aromatic carbocycles. The second-order valence-electron chi connectivity index (χ2n) is 8.24. The van der Waals surface area contributed by atoms with Gasteiger partial charge < -0.3 is 9.80 Å². The summed E-state index contributed by atoms with van der Waals surface area (Å²) in [5.41, 5.74) is 1.52. The van der Waals surface area contributed by atoms with Gasteiger partial charge in [0.05, 0.1) is 5.56 Å². The molecule has 0 saturated carbocycles. The Morgan fingerprint density at radius 2 is 1.97 bits per heavy atom. The van der Waals surface area contributed by atoms with Crippen LogP contribution in [0.5, 0.6) is 0 Å². The summed E-state index contributed by atoms with van der Waals surface area (Å²) in [4.78, 5) is 42.0. The van der Waals surface area contributed by atoms with Crippen LogP contribution in [-0.4, -0.2) is 62.7 Å². The molecular formula is C22H27N5O2. The van der Waals surface area contributed by atoms with Crippen molar-refractivity contribution in [3.63, 3.8) is 0 Å². The molecule has 7 nitrogen and oxygen atoms in total. The number of hydrogen-bond acceptors (Lipinski definition) is 5. The van der Waals surface area contributed by atoms with Crippen LogP contribution in [0.1, 0.15) is 47.6 Å². The summed E-state index contributed by atoms with van der Waals surface area (Å²) in [5, 5.41) is 0. The number of amides is 2. The summed E-state index contributed by atoms with van der Waals surface area (Å²) in [7, 11) is 0. The van der Waals surface area contributed by atoms with Crippen LogP contribution in [0.25, 0.3) is 0 Å². The van der Waals surface area contributed by atoms with Crippen LogP contribution in [0.4, 0.5) is 0 Å². The maximum Gasteiger partial charge on any atom is 0.257 e. The predicted molar refractivity (Wildman–Crippen MR) is 108 cm³/mol. The van der Waals surface area contributed by atoms with E-state index in [1.807, 2.05) is 34.9 Å². The van der Waals surface area contributed by atoms with Crippen molar-refractivity contribution >= 4 is 11.8 Å². The molecule has 0 bridgehead atoms. The number of aryl methyl sites for hydroxylation is 1. The van der Waals surface area contributed by atoms with Crippen molar-refractivity contribution in [2.24, 2.45) is 5.41 Å². The number of rotatable bonds is 4. The van der Waals surface area contributed by atoms with Gasteiger partial charge in [-0.25, -0.2) is 9.97 Å². The Morgan fingerprint density at radius 3 is 2.72 bits per heavy atom. The molecule has 0 radical (unpaired) electrons. The zero-order valence-corrected chi connectivity index (χ0v) is 16.9. The summed E-state index contributed by atoms with van der Waals surface area (Å²) < 4.78 is 0. The van der Waals surface area contributed by atoms with Crippen LogP contribution < -0.4 is 0 Å². The molecule has 152 valence electrons. The molecule has 0 unspecified atom stereocenters. The van der Waals surface area contributed by atoms with E-state index in [0.717, 1.165) is 37.9 Å². The molecule has 2 aliphatic heterocycles. The predicted octanol–water partition coefficient (Wildman–Crippen LogP) is 2.27. The van der Waals surface area contributed by atoms with E-state index in [1.165, 1.54) is 0 Å². The quantitative estimate of drug-likeness (QED) is 0.796. The highest BCUT2D eigenvalue weighted by atomic mass is 16.2. The van der Waals surface area contributed by atoms with Gasteiger partial charge in [-0.2, -0.15) is 0 Å². The first kappa shape index (κ1) is 19.5. The molecule has 4 heterocycles.